The molecule has 0 saturated heterocycles. The van der Waals surface area contributed by atoms with Crippen molar-refractivity contribution in [2.24, 2.45) is 5.92 Å². The molecule has 0 atom stereocenters. The number of anilines is 1. The van der Waals surface area contributed by atoms with Crippen LogP contribution in [0, 0.1) is 17.6 Å². The molecule has 10 heteroatoms. The molecule has 0 bridgehead atoms. The van der Waals surface area contributed by atoms with Crippen LogP contribution in [0.15, 0.2) is 35.2 Å². The van der Waals surface area contributed by atoms with Gasteiger partial charge in [-0.2, -0.15) is 8.42 Å². The number of carbonyl (C=O) groups is 1. The fourth-order valence-electron chi connectivity index (χ4n) is 2.79. The molecule has 27 heavy (non-hydrogen) atoms. The van der Waals surface area contributed by atoms with Gasteiger partial charge in [-0.3, -0.25) is 14.7 Å². The fraction of sp³-hybridized carbons (Fsp3) is 0.176. The first-order valence-corrected chi connectivity index (χ1v) is 9.44. The SMILES string of the molecule is O=C(Nc1nc2ccc(-c3ccc(F)c(S(=O)(=O)O)c3F)cc2[nH]1)C1CC1. The number of benzene rings is 2. The number of carbonyl (C=O) groups excluding carboxylic acids is 1. The highest BCUT2D eigenvalue weighted by Crippen LogP contribution is 2.32. The monoisotopic (exact) mass is 393 g/mol. The van der Waals surface area contributed by atoms with E-state index < -0.39 is 26.6 Å². The average molecular weight is 393 g/mol. The van der Waals surface area contributed by atoms with Gasteiger partial charge in [-0.05, 0) is 42.7 Å². The number of rotatable bonds is 4. The standard InChI is InChI=1S/C17H13F2N3O4S/c18-11-5-4-10(14(19)15(11)27(24,25)26)9-3-6-12-13(7-9)21-17(20-12)22-16(23)8-1-2-8/h3-8H,1-2H2,(H,24,25,26)(H2,20,21,22,23). The van der Waals surface area contributed by atoms with Gasteiger partial charge in [0, 0.05) is 11.5 Å². The van der Waals surface area contributed by atoms with Crippen LogP contribution in [0.2, 0.25) is 0 Å². The van der Waals surface area contributed by atoms with Gasteiger partial charge in [0.2, 0.25) is 11.9 Å². The molecule has 140 valence electrons. The Morgan fingerprint density at radius 1 is 1.22 bits per heavy atom. The van der Waals surface area contributed by atoms with Crippen molar-refractivity contribution in [2.45, 2.75) is 17.7 Å². The minimum Gasteiger partial charge on any atom is -0.324 e. The Bertz CT molecular complexity index is 1190. The molecule has 0 spiro atoms. The van der Waals surface area contributed by atoms with E-state index in [4.69, 9.17) is 4.55 Å². The minimum absolute atomic E-state index is 0.000867. The van der Waals surface area contributed by atoms with E-state index in [1.165, 1.54) is 12.1 Å². The second-order valence-corrected chi connectivity index (χ2v) is 7.65. The zero-order chi connectivity index (χ0) is 19.3. The van der Waals surface area contributed by atoms with Crippen molar-refractivity contribution in [2.75, 3.05) is 5.32 Å². The molecule has 7 nitrogen and oxygen atoms in total. The van der Waals surface area contributed by atoms with Crippen LogP contribution in [0.25, 0.3) is 22.2 Å². The summed E-state index contributed by atoms with van der Waals surface area (Å²) in [6, 6.07) is 6.34. The summed E-state index contributed by atoms with van der Waals surface area (Å²) in [5.41, 5.74) is 1.01. The zero-order valence-corrected chi connectivity index (χ0v) is 14.5. The Kier molecular flexibility index (Phi) is 3.97. The lowest BCUT2D eigenvalue weighted by atomic mass is 10.0. The number of aromatic amines is 1. The third-order valence-electron chi connectivity index (χ3n) is 4.29. The fourth-order valence-corrected chi connectivity index (χ4v) is 3.44. The van der Waals surface area contributed by atoms with Gasteiger partial charge in [0.05, 0.1) is 11.0 Å². The van der Waals surface area contributed by atoms with E-state index in [2.05, 4.69) is 15.3 Å². The van der Waals surface area contributed by atoms with Gasteiger partial charge in [-0.25, -0.2) is 13.8 Å². The highest BCUT2D eigenvalue weighted by molar-refractivity contribution is 7.85. The third-order valence-corrected chi connectivity index (χ3v) is 5.18. The number of hydrogen-bond donors (Lipinski definition) is 3. The maximum atomic E-state index is 14.5. The number of hydrogen-bond acceptors (Lipinski definition) is 4. The van der Waals surface area contributed by atoms with Gasteiger partial charge >= 0.3 is 0 Å². The largest absolute Gasteiger partial charge is 0.324 e. The lowest BCUT2D eigenvalue weighted by molar-refractivity contribution is -0.117. The van der Waals surface area contributed by atoms with Crippen LogP contribution in [0.1, 0.15) is 12.8 Å². The summed E-state index contributed by atoms with van der Waals surface area (Å²) in [6.45, 7) is 0. The lowest BCUT2D eigenvalue weighted by Gasteiger charge is -2.08. The smallest absolute Gasteiger partial charge is 0.300 e. The van der Waals surface area contributed by atoms with Gasteiger partial charge < -0.3 is 4.98 Å². The van der Waals surface area contributed by atoms with E-state index >= 15 is 0 Å². The van der Waals surface area contributed by atoms with Gasteiger partial charge in [0.25, 0.3) is 10.1 Å². The second-order valence-electron chi connectivity index (χ2n) is 6.29. The summed E-state index contributed by atoms with van der Waals surface area (Å²) < 4.78 is 59.8. The van der Waals surface area contributed by atoms with Gasteiger partial charge in [0.1, 0.15) is 5.82 Å². The van der Waals surface area contributed by atoms with Gasteiger partial charge in [0.15, 0.2) is 10.7 Å². The Morgan fingerprint density at radius 2 is 1.96 bits per heavy atom. The zero-order valence-electron chi connectivity index (χ0n) is 13.7. The molecule has 2 aromatic carbocycles. The van der Waals surface area contributed by atoms with Crippen LogP contribution in [-0.2, 0) is 14.9 Å². The Hall–Kier alpha value is -2.85. The predicted molar refractivity (Wildman–Crippen MR) is 92.6 cm³/mol. The predicted octanol–water partition coefficient (Wildman–Crippen LogP) is 3.10. The van der Waals surface area contributed by atoms with Gasteiger partial charge in [-0.1, -0.05) is 6.07 Å². The van der Waals surface area contributed by atoms with Crippen LogP contribution in [0.5, 0.6) is 0 Å². The van der Waals surface area contributed by atoms with Crippen molar-refractivity contribution in [1.82, 2.24) is 9.97 Å². The lowest BCUT2D eigenvalue weighted by Crippen LogP contribution is -2.14. The van der Waals surface area contributed by atoms with Crippen molar-refractivity contribution < 1.29 is 26.5 Å². The Balaban J connectivity index is 1.75. The van der Waals surface area contributed by atoms with Crippen LogP contribution < -0.4 is 5.32 Å². The number of nitrogens with one attached hydrogen (secondary N) is 2. The topological polar surface area (TPSA) is 112 Å². The molecular weight excluding hydrogens is 380 g/mol. The molecule has 1 fully saturated rings. The molecule has 1 heterocycles. The second kappa shape index (κ2) is 6.10. The first-order chi connectivity index (χ1) is 12.7. The molecule has 1 aliphatic rings. The molecule has 0 aliphatic heterocycles. The maximum Gasteiger partial charge on any atom is 0.300 e. The normalized spacial score (nSPS) is 14.5. The van der Waals surface area contributed by atoms with E-state index in [-0.39, 0.29) is 28.9 Å². The van der Waals surface area contributed by atoms with Crippen molar-refractivity contribution in [1.29, 1.82) is 0 Å². The van der Waals surface area contributed by atoms with Crippen LogP contribution >= 0.6 is 0 Å². The molecule has 1 saturated carbocycles. The third kappa shape index (κ3) is 3.28. The molecule has 1 amide bonds. The van der Waals surface area contributed by atoms with E-state index in [0.29, 0.717) is 11.0 Å². The molecule has 0 radical (unpaired) electrons. The summed E-state index contributed by atoms with van der Waals surface area (Å²) in [5, 5.41) is 2.66. The van der Waals surface area contributed by atoms with Crippen LogP contribution in [-0.4, -0.2) is 28.8 Å². The summed E-state index contributed by atoms with van der Waals surface area (Å²) in [7, 11) is -5.07. The minimum atomic E-state index is -5.07. The van der Waals surface area contributed by atoms with Gasteiger partial charge in [-0.15, -0.1) is 0 Å². The van der Waals surface area contributed by atoms with Crippen LogP contribution in [0.4, 0.5) is 14.7 Å². The number of nitrogens with zero attached hydrogens (tertiary/aromatic N) is 1. The van der Waals surface area contributed by atoms with E-state index in [1.54, 1.807) is 6.07 Å². The average Bonchev–Trinajstić information content (AvgIpc) is 3.34. The van der Waals surface area contributed by atoms with E-state index in [9.17, 15) is 22.0 Å². The van der Waals surface area contributed by atoms with Crippen molar-refractivity contribution in [3.8, 4) is 11.1 Å². The van der Waals surface area contributed by atoms with E-state index in [0.717, 1.165) is 25.0 Å². The summed E-state index contributed by atoms with van der Waals surface area (Å²) in [5.74, 6) is -2.65. The maximum absolute atomic E-state index is 14.5. The number of amides is 1. The first kappa shape index (κ1) is 17.6. The highest BCUT2D eigenvalue weighted by Gasteiger charge is 2.30. The molecule has 1 aliphatic carbocycles. The quantitative estimate of drug-likeness (QED) is 0.590. The molecule has 3 aromatic rings. The van der Waals surface area contributed by atoms with Crippen molar-refractivity contribution >= 4 is 33.0 Å². The number of H-pyrrole nitrogens is 1. The number of aromatic nitrogens is 2. The summed E-state index contributed by atoms with van der Waals surface area (Å²) in [6.07, 6.45) is 1.69. The molecule has 4 rings (SSSR count). The van der Waals surface area contributed by atoms with Crippen molar-refractivity contribution in [3.05, 3.63) is 42.0 Å². The Labute approximate surface area is 152 Å². The van der Waals surface area contributed by atoms with Crippen LogP contribution in [0.3, 0.4) is 0 Å². The molecule has 0 unspecified atom stereocenters. The first-order valence-electron chi connectivity index (χ1n) is 8.00. The molecule has 3 N–H and O–H groups in total. The Morgan fingerprint density at radius 3 is 2.63 bits per heavy atom. The van der Waals surface area contributed by atoms with E-state index in [1.807, 2.05) is 0 Å². The highest BCUT2D eigenvalue weighted by atomic mass is 32.2. The molecular formula is C17H13F2N3O4S. The summed E-state index contributed by atoms with van der Waals surface area (Å²) >= 11 is 0. The number of imidazole rings is 1. The number of fused-ring (bicyclic) bond motifs is 1. The summed E-state index contributed by atoms with van der Waals surface area (Å²) in [4.78, 5) is 17.5. The van der Waals surface area contributed by atoms with Crippen molar-refractivity contribution in [3.63, 3.8) is 0 Å². The molecule has 1 aromatic heterocycles. The number of halogens is 2.